The number of hydrogen-bond acceptors (Lipinski definition) is 3. The largest absolute Gasteiger partial charge is 0.383 e. The molecule has 0 spiro atoms. The second kappa shape index (κ2) is 7.60. The molecular formula is C13H21NOS. The Bertz CT molecular complexity index is 330. The Morgan fingerprint density at radius 3 is 2.88 bits per heavy atom. The van der Waals surface area contributed by atoms with Gasteiger partial charge in [0.1, 0.15) is 0 Å². The highest BCUT2D eigenvalue weighted by molar-refractivity contribution is 7.12. The van der Waals surface area contributed by atoms with Gasteiger partial charge in [0.05, 0.1) is 6.61 Å². The van der Waals surface area contributed by atoms with Gasteiger partial charge in [-0.25, -0.2) is 0 Å². The molecule has 1 aromatic heterocycles. The van der Waals surface area contributed by atoms with E-state index < -0.39 is 0 Å². The first kappa shape index (κ1) is 13.4. The predicted molar refractivity (Wildman–Crippen MR) is 72.1 cm³/mol. The van der Waals surface area contributed by atoms with E-state index in [-0.39, 0.29) is 0 Å². The number of nitrogens with one attached hydrogen (secondary N) is 1. The van der Waals surface area contributed by atoms with Crippen molar-refractivity contribution >= 4 is 17.4 Å². The molecular weight excluding hydrogens is 218 g/mol. The molecule has 0 unspecified atom stereocenters. The number of methoxy groups -OCH3 is 1. The van der Waals surface area contributed by atoms with Crippen LogP contribution in [0.2, 0.25) is 0 Å². The van der Waals surface area contributed by atoms with Gasteiger partial charge in [-0.3, -0.25) is 0 Å². The van der Waals surface area contributed by atoms with Gasteiger partial charge in [-0.15, -0.1) is 11.3 Å². The maximum Gasteiger partial charge on any atom is 0.0587 e. The summed E-state index contributed by atoms with van der Waals surface area (Å²) in [6, 6.07) is 4.35. The number of thiophene rings is 1. The smallest absolute Gasteiger partial charge is 0.0587 e. The molecule has 0 fully saturated rings. The molecule has 2 nitrogen and oxygen atoms in total. The zero-order chi connectivity index (χ0) is 11.8. The van der Waals surface area contributed by atoms with Crippen LogP contribution in [0.5, 0.6) is 0 Å². The third kappa shape index (κ3) is 4.92. The Morgan fingerprint density at radius 2 is 2.31 bits per heavy atom. The Kier molecular flexibility index (Phi) is 6.38. The Morgan fingerprint density at radius 1 is 1.50 bits per heavy atom. The van der Waals surface area contributed by atoms with Gasteiger partial charge in [0.25, 0.3) is 0 Å². The summed E-state index contributed by atoms with van der Waals surface area (Å²) in [5, 5.41) is 3.38. The minimum Gasteiger partial charge on any atom is -0.383 e. The van der Waals surface area contributed by atoms with Crippen molar-refractivity contribution in [1.82, 2.24) is 5.32 Å². The Hall–Kier alpha value is -0.640. The van der Waals surface area contributed by atoms with E-state index in [0.29, 0.717) is 0 Å². The van der Waals surface area contributed by atoms with E-state index in [4.69, 9.17) is 4.74 Å². The zero-order valence-electron chi connectivity index (χ0n) is 10.4. The van der Waals surface area contributed by atoms with E-state index in [1.54, 1.807) is 7.11 Å². The van der Waals surface area contributed by atoms with Crippen molar-refractivity contribution in [2.75, 3.05) is 26.8 Å². The molecule has 0 saturated carbocycles. The lowest BCUT2D eigenvalue weighted by Crippen LogP contribution is -2.21. The third-order valence-corrected chi connectivity index (χ3v) is 3.34. The van der Waals surface area contributed by atoms with Crippen LogP contribution in [0.1, 0.15) is 23.1 Å². The average molecular weight is 239 g/mol. The fourth-order valence-electron chi connectivity index (χ4n) is 1.43. The second-order valence-electron chi connectivity index (χ2n) is 3.77. The van der Waals surface area contributed by atoms with Crippen molar-refractivity contribution < 1.29 is 4.74 Å². The summed E-state index contributed by atoms with van der Waals surface area (Å²) in [5.74, 6) is 0. The number of aryl methyl sites for hydroxylation is 1. The second-order valence-corrected chi connectivity index (χ2v) is 5.09. The molecule has 3 heteroatoms. The number of ether oxygens (including phenoxy) is 1. The lowest BCUT2D eigenvalue weighted by Gasteiger charge is -2.06. The molecule has 16 heavy (non-hydrogen) atoms. The summed E-state index contributed by atoms with van der Waals surface area (Å²) in [6.45, 7) is 6.98. The monoisotopic (exact) mass is 239 g/mol. The molecule has 1 N–H and O–H groups in total. The minimum atomic E-state index is 0.773. The molecule has 0 aliphatic rings. The van der Waals surface area contributed by atoms with Gasteiger partial charge >= 0.3 is 0 Å². The lowest BCUT2D eigenvalue weighted by atomic mass is 10.2. The fraction of sp³-hybridized carbons (Fsp3) is 0.538. The average Bonchev–Trinajstić information content (AvgIpc) is 2.68. The molecule has 90 valence electrons. The summed E-state index contributed by atoms with van der Waals surface area (Å²) >= 11 is 1.85. The van der Waals surface area contributed by atoms with Crippen LogP contribution in [0.25, 0.3) is 6.08 Å². The topological polar surface area (TPSA) is 21.3 Å². The number of rotatable bonds is 7. The van der Waals surface area contributed by atoms with E-state index in [0.717, 1.165) is 26.1 Å². The molecule has 0 aliphatic heterocycles. The summed E-state index contributed by atoms with van der Waals surface area (Å²) in [4.78, 5) is 2.72. The molecule has 1 aromatic rings. The molecule has 0 saturated heterocycles. The molecule has 0 radical (unpaired) electrons. The fourth-order valence-corrected chi connectivity index (χ4v) is 2.30. The third-order valence-electron chi connectivity index (χ3n) is 2.40. The van der Waals surface area contributed by atoms with Crippen LogP contribution >= 0.6 is 11.3 Å². The first-order chi connectivity index (χ1) is 7.76. The van der Waals surface area contributed by atoms with Crippen molar-refractivity contribution in [3.05, 3.63) is 27.5 Å². The first-order valence-electron chi connectivity index (χ1n) is 5.71. The van der Waals surface area contributed by atoms with Gasteiger partial charge in [-0.1, -0.05) is 12.5 Å². The van der Waals surface area contributed by atoms with E-state index in [9.17, 15) is 0 Å². The van der Waals surface area contributed by atoms with Crippen molar-refractivity contribution in [1.29, 1.82) is 0 Å². The van der Waals surface area contributed by atoms with E-state index in [1.807, 2.05) is 11.3 Å². The van der Waals surface area contributed by atoms with E-state index in [1.165, 1.54) is 15.3 Å². The Balaban J connectivity index is 2.43. The van der Waals surface area contributed by atoms with Gasteiger partial charge in [-0.2, -0.15) is 0 Å². The van der Waals surface area contributed by atoms with Crippen molar-refractivity contribution in [3.8, 4) is 0 Å². The van der Waals surface area contributed by atoms with Crippen LogP contribution in [0.4, 0.5) is 0 Å². The van der Waals surface area contributed by atoms with Crippen molar-refractivity contribution in [2.24, 2.45) is 0 Å². The molecule has 0 atom stereocenters. The van der Waals surface area contributed by atoms with Gasteiger partial charge in [0.15, 0.2) is 0 Å². The van der Waals surface area contributed by atoms with E-state index >= 15 is 0 Å². The van der Waals surface area contributed by atoms with Crippen LogP contribution in [0.15, 0.2) is 17.7 Å². The summed E-state index contributed by atoms with van der Waals surface area (Å²) in [5.41, 5.74) is 1.44. The van der Waals surface area contributed by atoms with Crippen LogP contribution in [-0.4, -0.2) is 26.8 Å². The first-order valence-corrected chi connectivity index (χ1v) is 6.53. The minimum absolute atomic E-state index is 0.773. The van der Waals surface area contributed by atoms with Gasteiger partial charge in [-0.05, 0) is 31.6 Å². The molecule has 0 bridgehead atoms. The van der Waals surface area contributed by atoms with Crippen molar-refractivity contribution in [2.45, 2.75) is 20.3 Å². The van der Waals surface area contributed by atoms with Gasteiger partial charge < -0.3 is 10.1 Å². The molecule has 0 aromatic carbocycles. The summed E-state index contributed by atoms with van der Waals surface area (Å²) < 4.78 is 5.00. The highest BCUT2D eigenvalue weighted by Crippen LogP contribution is 2.18. The highest BCUT2D eigenvalue weighted by Gasteiger charge is 1.97. The quantitative estimate of drug-likeness (QED) is 0.738. The standard InChI is InChI=1S/C13H21NOS/c1-4-12(10-14-7-8-15-3)9-13-6-5-11(2)16-13/h5-6,9,14H,4,7-8,10H2,1-3H3. The summed E-state index contributed by atoms with van der Waals surface area (Å²) in [7, 11) is 1.73. The van der Waals surface area contributed by atoms with Gasteiger partial charge in [0, 0.05) is 30.0 Å². The summed E-state index contributed by atoms with van der Waals surface area (Å²) in [6.07, 6.45) is 3.38. The SMILES string of the molecule is CCC(=Cc1ccc(C)s1)CNCCOC. The van der Waals surface area contributed by atoms with Crippen LogP contribution in [0.3, 0.4) is 0 Å². The van der Waals surface area contributed by atoms with Crippen LogP contribution in [-0.2, 0) is 4.74 Å². The molecule has 0 amide bonds. The van der Waals surface area contributed by atoms with Crippen LogP contribution in [0, 0.1) is 6.92 Å². The maximum absolute atomic E-state index is 5.00. The number of hydrogen-bond donors (Lipinski definition) is 1. The van der Waals surface area contributed by atoms with E-state index in [2.05, 4.69) is 37.4 Å². The van der Waals surface area contributed by atoms with Crippen molar-refractivity contribution in [3.63, 3.8) is 0 Å². The zero-order valence-corrected chi connectivity index (χ0v) is 11.2. The van der Waals surface area contributed by atoms with Crippen LogP contribution < -0.4 is 5.32 Å². The molecule has 1 heterocycles. The molecule has 0 aliphatic carbocycles. The normalized spacial score (nSPS) is 12.1. The lowest BCUT2D eigenvalue weighted by molar-refractivity contribution is 0.200. The predicted octanol–water partition coefficient (Wildman–Crippen LogP) is 3.09. The Labute approximate surface area is 102 Å². The van der Waals surface area contributed by atoms with Gasteiger partial charge in [0.2, 0.25) is 0 Å². The molecule has 1 rings (SSSR count). The highest BCUT2D eigenvalue weighted by atomic mass is 32.1. The maximum atomic E-state index is 5.00.